The Morgan fingerprint density at radius 1 is 1.40 bits per heavy atom. The number of nitrogens with zero attached hydrogens (tertiary/aromatic N) is 2. The molecule has 0 bridgehead atoms. The average Bonchev–Trinajstić information content (AvgIpc) is 2.48. The summed E-state index contributed by atoms with van der Waals surface area (Å²) in [6.45, 7) is 1.64. The molecule has 1 heterocycles. The summed E-state index contributed by atoms with van der Waals surface area (Å²) in [7, 11) is 0. The zero-order chi connectivity index (χ0) is 14.4. The highest BCUT2D eigenvalue weighted by atomic mass is 16.3. The number of carbonyl (C=O) groups is 1. The van der Waals surface area contributed by atoms with Crippen molar-refractivity contribution in [1.29, 1.82) is 0 Å². The second kappa shape index (κ2) is 6.63. The highest BCUT2D eigenvalue weighted by molar-refractivity contribution is 5.95. The summed E-state index contributed by atoms with van der Waals surface area (Å²) in [6.07, 6.45) is 4.77. The van der Waals surface area contributed by atoms with Crippen LogP contribution in [-0.2, 0) is 0 Å². The summed E-state index contributed by atoms with van der Waals surface area (Å²) in [6, 6.07) is 6.76. The van der Waals surface area contributed by atoms with Gasteiger partial charge in [-0.25, -0.2) is 4.98 Å². The highest BCUT2D eigenvalue weighted by Crippen LogP contribution is 2.15. The first kappa shape index (κ1) is 14.0. The van der Waals surface area contributed by atoms with Crippen molar-refractivity contribution in [3.63, 3.8) is 0 Å². The molecule has 0 fully saturated rings. The van der Waals surface area contributed by atoms with Gasteiger partial charge < -0.3 is 15.7 Å². The third-order valence-corrected chi connectivity index (χ3v) is 2.61. The Labute approximate surface area is 116 Å². The molecule has 0 aliphatic heterocycles. The maximum Gasteiger partial charge on any atom is 0.251 e. The summed E-state index contributed by atoms with van der Waals surface area (Å²) in [4.78, 5) is 20.0. The van der Waals surface area contributed by atoms with Gasteiger partial charge in [-0.15, -0.1) is 0 Å². The number of aliphatic hydroxyl groups is 1. The fraction of sp³-hybridized carbons (Fsp3) is 0.214. The van der Waals surface area contributed by atoms with Gasteiger partial charge in [0.25, 0.3) is 5.91 Å². The molecule has 0 radical (unpaired) electrons. The molecule has 0 saturated heterocycles. The van der Waals surface area contributed by atoms with Crippen molar-refractivity contribution in [2.24, 2.45) is 0 Å². The Bertz CT molecular complexity index is 574. The van der Waals surface area contributed by atoms with Crippen molar-refractivity contribution in [1.82, 2.24) is 15.3 Å². The SMILES string of the molecule is CC(CO)NC(=O)c1cccc(Nc2cnccn2)c1. The molecule has 1 aromatic heterocycles. The smallest absolute Gasteiger partial charge is 0.251 e. The molecule has 0 saturated carbocycles. The van der Waals surface area contributed by atoms with Crippen molar-refractivity contribution < 1.29 is 9.90 Å². The molecule has 1 unspecified atom stereocenters. The van der Waals surface area contributed by atoms with E-state index in [0.29, 0.717) is 11.4 Å². The maximum absolute atomic E-state index is 11.9. The summed E-state index contributed by atoms with van der Waals surface area (Å²) < 4.78 is 0. The first-order valence-electron chi connectivity index (χ1n) is 6.24. The first-order chi connectivity index (χ1) is 9.69. The van der Waals surface area contributed by atoms with E-state index in [2.05, 4.69) is 20.6 Å². The third kappa shape index (κ3) is 3.76. The Hall–Kier alpha value is -2.47. The number of rotatable bonds is 5. The van der Waals surface area contributed by atoms with Gasteiger partial charge in [0.2, 0.25) is 0 Å². The Morgan fingerprint density at radius 3 is 2.95 bits per heavy atom. The van der Waals surface area contributed by atoms with Crippen molar-refractivity contribution in [3.05, 3.63) is 48.4 Å². The fourth-order valence-corrected chi connectivity index (χ4v) is 1.60. The van der Waals surface area contributed by atoms with Gasteiger partial charge in [-0.3, -0.25) is 9.78 Å². The molecule has 1 amide bonds. The lowest BCUT2D eigenvalue weighted by molar-refractivity contribution is 0.0922. The van der Waals surface area contributed by atoms with E-state index in [-0.39, 0.29) is 18.6 Å². The number of amides is 1. The average molecular weight is 272 g/mol. The van der Waals surface area contributed by atoms with Crippen LogP contribution in [0, 0.1) is 0 Å². The quantitative estimate of drug-likeness (QED) is 0.764. The minimum atomic E-state index is -0.279. The van der Waals surface area contributed by atoms with E-state index < -0.39 is 0 Å². The Morgan fingerprint density at radius 2 is 2.25 bits per heavy atom. The van der Waals surface area contributed by atoms with E-state index in [1.54, 1.807) is 43.7 Å². The van der Waals surface area contributed by atoms with E-state index >= 15 is 0 Å². The molecule has 3 N–H and O–H groups in total. The lowest BCUT2D eigenvalue weighted by Gasteiger charge is -2.11. The topological polar surface area (TPSA) is 87.1 Å². The van der Waals surface area contributed by atoms with Crippen LogP contribution < -0.4 is 10.6 Å². The minimum Gasteiger partial charge on any atom is -0.394 e. The fourth-order valence-electron chi connectivity index (χ4n) is 1.60. The molecule has 6 nitrogen and oxygen atoms in total. The zero-order valence-electron chi connectivity index (χ0n) is 11.1. The minimum absolute atomic E-state index is 0.0940. The van der Waals surface area contributed by atoms with Gasteiger partial charge >= 0.3 is 0 Å². The van der Waals surface area contributed by atoms with E-state index in [0.717, 1.165) is 5.69 Å². The van der Waals surface area contributed by atoms with Crippen LogP contribution in [0.25, 0.3) is 0 Å². The van der Waals surface area contributed by atoms with Crippen LogP contribution in [0.4, 0.5) is 11.5 Å². The second-order valence-corrected chi connectivity index (χ2v) is 4.35. The molecular weight excluding hydrogens is 256 g/mol. The van der Waals surface area contributed by atoms with Crippen molar-refractivity contribution >= 4 is 17.4 Å². The molecule has 20 heavy (non-hydrogen) atoms. The van der Waals surface area contributed by atoms with Crippen LogP contribution in [0.3, 0.4) is 0 Å². The number of hydrogen-bond acceptors (Lipinski definition) is 5. The third-order valence-electron chi connectivity index (χ3n) is 2.61. The van der Waals surface area contributed by atoms with Crippen molar-refractivity contribution in [2.45, 2.75) is 13.0 Å². The molecule has 1 aromatic carbocycles. The predicted octanol–water partition coefficient (Wildman–Crippen LogP) is 1.33. The maximum atomic E-state index is 11.9. The summed E-state index contributed by atoms with van der Waals surface area (Å²) in [5.74, 6) is 0.378. The summed E-state index contributed by atoms with van der Waals surface area (Å²) in [5.41, 5.74) is 1.26. The molecular formula is C14H16N4O2. The van der Waals surface area contributed by atoms with E-state index in [1.165, 1.54) is 0 Å². The van der Waals surface area contributed by atoms with Crippen molar-refractivity contribution in [2.75, 3.05) is 11.9 Å². The van der Waals surface area contributed by atoms with Crippen LogP contribution in [0.1, 0.15) is 17.3 Å². The Kier molecular flexibility index (Phi) is 4.62. The molecule has 2 rings (SSSR count). The lowest BCUT2D eigenvalue weighted by atomic mass is 10.1. The normalized spacial score (nSPS) is 11.7. The molecule has 6 heteroatoms. The van der Waals surface area contributed by atoms with Crippen LogP contribution >= 0.6 is 0 Å². The molecule has 1 atom stereocenters. The summed E-state index contributed by atoms with van der Waals surface area (Å²) in [5, 5.41) is 14.7. The number of nitrogens with one attached hydrogen (secondary N) is 2. The number of carbonyl (C=O) groups excluding carboxylic acids is 1. The zero-order valence-corrected chi connectivity index (χ0v) is 11.1. The van der Waals surface area contributed by atoms with Crippen LogP contribution in [0.2, 0.25) is 0 Å². The van der Waals surface area contributed by atoms with Crippen LogP contribution in [0.5, 0.6) is 0 Å². The highest BCUT2D eigenvalue weighted by Gasteiger charge is 2.09. The number of hydrogen-bond donors (Lipinski definition) is 3. The standard InChI is InChI=1S/C14H16N4O2/c1-10(9-19)17-14(20)11-3-2-4-12(7-11)18-13-8-15-5-6-16-13/h2-8,10,19H,9H2,1H3,(H,16,18)(H,17,20). The van der Waals surface area contributed by atoms with E-state index in [4.69, 9.17) is 5.11 Å². The molecule has 0 spiro atoms. The molecule has 104 valence electrons. The van der Waals surface area contributed by atoms with E-state index in [9.17, 15) is 4.79 Å². The van der Waals surface area contributed by atoms with Gasteiger partial charge in [0.05, 0.1) is 12.8 Å². The number of aliphatic hydroxyl groups excluding tert-OH is 1. The summed E-state index contributed by atoms with van der Waals surface area (Å²) >= 11 is 0. The Balaban J connectivity index is 2.10. The van der Waals surface area contributed by atoms with Crippen molar-refractivity contribution in [3.8, 4) is 0 Å². The first-order valence-corrected chi connectivity index (χ1v) is 6.24. The van der Waals surface area contributed by atoms with Gasteiger partial charge in [0, 0.05) is 29.7 Å². The molecule has 2 aromatic rings. The molecule has 0 aliphatic rings. The van der Waals surface area contributed by atoms with Crippen LogP contribution in [0.15, 0.2) is 42.9 Å². The van der Waals surface area contributed by atoms with Gasteiger partial charge in [-0.2, -0.15) is 0 Å². The second-order valence-electron chi connectivity index (χ2n) is 4.35. The van der Waals surface area contributed by atoms with E-state index in [1.807, 2.05) is 6.07 Å². The largest absolute Gasteiger partial charge is 0.394 e. The number of aromatic nitrogens is 2. The molecule has 0 aliphatic carbocycles. The van der Waals surface area contributed by atoms with Gasteiger partial charge in [-0.1, -0.05) is 6.07 Å². The van der Waals surface area contributed by atoms with Gasteiger partial charge in [0.1, 0.15) is 5.82 Å². The van der Waals surface area contributed by atoms with Gasteiger partial charge in [0.15, 0.2) is 0 Å². The van der Waals surface area contributed by atoms with Crippen LogP contribution in [-0.4, -0.2) is 33.6 Å². The number of anilines is 2. The predicted molar refractivity (Wildman–Crippen MR) is 75.8 cm³/mol. The monoisotopic (exact) mass is 272 g/mol. The number of benzene rings is 1. The lowest BCUT2D eigenvalue weighted by Crippen LogP contribution is -2.34. The van der Waals surface area contributed by atoms with Gasteiger partial charge in [-0.05, 0) is 25.1 Å².